The number of hydrogen-bond donors (Lipinski definition) is 2. The van der Waals surface area contributed by atoms with Crippen LogP contribution in [0.15, 0.2) is 24.3 Å². The molecule has 1 aromatic carbocycles. The number of rotatable bonds is 2. The third-order valence-electron chi connectivity index (χ3n) is 6.66. The fraction of sp³-hybridized carbons (Fsp3) is 0.636. The van der Waals surface area contributed by atoms with E-state index in [9.17, 15) is 9.59 Å². The van der Waals surface area contributed by atoms with E-state index in [1.54, 1.807) is 0 Å². The fourth-order valence-electron chi connectivity index (χ4n) is 4.27. The normalized spacial score (nSPS) is 28.0. The maximum atomic E-state index is 12.6. The van der Waals surface area contributed by atoms with Crippen LogP contribution >= 0.6 is 0 Å². The van der Waals surface area contributed by atoms with Gasteiger partial charge < -0.3 is 20.4 Å². The van der Waals surface area contributed by atoms with Crippen molar-refractivity contribution in [3.63, 3.8) is 0 Å². The van der Waals surface area contributed by atoms with Crippen molar-refractivity contribution in [1.29, 1.82) is 0 Å². The quantitative estimate of drug-likeness (QED) is 0.752. The van der Waals surface area contributed by atoms with Crippen LogP contribution in [0.4, 0.5) is 21.0 Å². The van der Waals surface area contributed by atoms with Gasteiger partial charge in [-0.05, 0) is 75.6 Å². The SMILES string of the molecule is CC1CCCN(C(=O)Nc2ccc(NC(=O)N3CCCC(C)C3C)cc2)C1C. The second-order valence-electron chi connectivity index (χ2n) is 8.54. The number of nitrogens with one attached hydrogen (secondary N) is 2. The summed E-state index contributed by atoms with van der Waals surface area (Å²) in [5.41, 5.74) is 1.49. The Kier molecular flexibility index (Phi) is 6.47. The largest absolute Gasteiger partial charge is 0.322 e. The van der Waals surface area contributed by atoms with Crippen LogP contribution in [-0.2, 0) is 0 Å². The van der Waals surface area contributed by atoms with Gasteiger partial charge in [0.2, 0.25) is 0 Å². The first-order valence-corrected chi connectivity index (χ1v) is 10.6. The van der Waals surface area contributed by atoms with Gasteiger partial charge >= 0.3 is 12.1 Å². The zero-order chi connectivity index (χ0) is 20.3. The molecule has 2 N–H and O–H groups in total. The van der Waals surface area contributed by atoms with Gasteiger partial charge in [-0.1, -0.05) is 13.8 Å². The van der Waals surface area contributed by atoms with Crippen LogP contribution in [0.2, 0.25) is 0 Å². The number of carbonyl (C=O) groups is 2. The highest BCUT2D eigenvalue weighted by Crippen LogP contribution is 2.25. The van der Waals surface area contributed by atoms with Gasteiger partial charge in [-0.2, -0.15) is 0 Å². The number of piperidine rings is 2. The Labute approximate surface area is 168 Å². The van der Waals surface area contributed by atoms with Crippen molar-refractivity contribution in [1.82, 2.24) is 9.80 Å². The Bertz CT molecular complexity index is 631. The van der Waals surface area contributed by atoms with E-state index in [0.717, 1.165) is 37.3 Å². The smallest absolute Gasteiger partial charge is 0.322 e. The summed E-state index contributed by atoms with van der Waals surface area (Å²) in [6.07, 6.45) is 4.45. The van der Waals surface area contributed by atoms with Crippen LogP contribution < -0.4 is 10.6 Å². The molecular formula is C22H34N4O2. The van der Waals surface area contributed by atoms with Crippen molar-refractivity contribution in [2.75, 3.05) is 23.7 Å². The van der Waals surface area contributed by atoms with E-state index in [0.29, 0.717) is 11.8 Å². The van der Waals surface area contributed by atoms with E-state index in [1.807, 2.05) is 34.1 Å². The van der Waals surface area contributed by atoms with E-state index in [4.69, 9.17) is 0 Å². The third-order valence-corrected chi connectivity index (χ3v) is 6.66. The van der Waals surface area contributed by atoms with Gasteiger partial charge in [0.1, 0.15) is 0 Å². The first-order chi connectivity index (χ1) is 13.4. The second kappa shape index (κ2) is 8.84. The molecule has 0 spiro atoms. The average molecular weight is 387 g/mol. The molecule has 0 aromatic heterocycles. The van der Waals surface area contributed by atoms with Crippen molar-refractivity contribution < 1.29 is 9.59 Å². The Morgan fingerprint density at radius 1 is 0.750 bits per heavy atom. The lowest BCUT2D eigenvalue weighted by atomic mass is 9.92. The van der Waals surface area contributed by atoms with Crippen LogP contribution in [0.25, 0.3) is 0 Å². The number of likely N-dealkylation sites (tertiary alicyclic amines) is 2. The lowest BCUT2D eigenvalue weighted by molar-refractivity contribution is 0.138. The Hall–Kier alpha value is -2.24. The third kappa shape index (κ3) is 4.59. The number of carbonyl (C=O) groups excluding carboxylic acids is 2. The van der Waals surface area contributed by atoms with Crippen LogP contribution in [0.3, 0.4) is 0 Å². The van der Waals surface area contributed by atoms with Crippen molar-refractivity contribution >= 4 is 23.4 Å². The zero-order valence-electron chi connectivity index (χ0n) is 17.6. The fourth-order valence-corrected chi connectivity index (χ4v) is 4.27. The minimum absolute atomic E-state index is 0.0491. The summed E-state index contributed by atoms with van der Waals surface area (Å²) in [6.45, 7) is 10.2. The first kappa shape index (κ1) is 20.5. The van der Waals surface area contributed by atoms with Gasteiger partial charge in [-0.15, -0.1) is 0 Å². The molecule has 2 fully saturated rings. The first-order valence-electron chi connectivity index (χ1n) is 10.6. The van der Waals surface area contributed by atoms with Crippen molar-refractivity contribution in [2.45, 2.75) is 65.5 Å². The molecule has 6 heteroatoms. The Balaban J connectivity index is 1.56. The molecule has 0 saturated carbocycles. The summed E-state index contributed by atoms with van der Waals surface area (Å²) in [5.74, 6) is 1.05. The minimum Gasteiger partial charge on any atom is -0.322 e. The topological polar surface area (TPSA) is 64.7 Å². The summed E-state index contributed by atoms with van der Waals surface area (Å²) in [4.78, 5) is 29.0. The molecule has 0 aliphatic carbocycles. The molecule has 0 radical (unpaired) electrons. The molecule has 28 heavy (non-hydrogen) atoms. The van der Waals surface area contributed by atoms with Crippen molar-refractivity contribution in [3.05, 3.63) is 24.3 Å². The minimum atomic E-state index is -0.0491. The van der Waals surface area contributed by atoms with Gasteiger partial charge in [0, 0.05) is 36.5 Å². The molecule has 1 aromatic rings. The zero-order valence-corrected chi connectivity index (χ0v) is 17.6. The standard InChI is InChI=1S/C22H34N4O2/c1-15-7-5-13-25(17(15)3)21(27)23-19-9-11-20(12-10-19)24-22(28)26-14-6-8-16(2)18(26)4/h9-12,15-18H,5-8,13-14H2,1-4H3,(H,23,27)(H,24,28). The van der Waals surface area contributed by atoms with Crippen LogP contribution in [-0.4, -0.2) is 47.0 Å². The monoisotopic (exact) mass is 386 g/mol. The lowest BCUT2D eigenvalue weighted by Crippen LogP contribution is -2.48. The van der Waals surface area contributed by atoms with Gasteiger partial charge in [0.05, 0.1) is 0 Å². The summed E-state index contributed by atoms with van der Waals surface area (Å²) < 4.78 is 0. The number of benzene rings is 1. The predicted octanol–water partition coefficient (Wildman–Crippen LogP) is 4.99. The molecule has 2 saturated heterocycles. The van der Waals surface area contributed by atoms with Gasteiger partial charge in [0.25, 0.3) is 0 Å². The van der Waals surface area contributed by atoms with Crippen molar-refractivity contribution in [2.24, 2.45) is 11.8 Å². The van der Waals surface area contributed by atoms with E-state index in [-0.39, 0.29) is 24.1 Å². The summed E-state index contributed by atoms with van der Waals surface area (Å²) in [7, 11) is 0. The molecule has 154 valence electrons. The molecule has 4 atom stereocenters. The highest BCUT2D eigenvalue weighted by atomic mass is 16.2. The predicted molar refractivity (Wildman–Crippen MR) is 114 cm³/mol. The molecule has 6 nitrogen and oxygen atoms in total. The van der Waals surface area contributed by atoms with Gasteiger partial charge in [-0.25, -0.2) is 9.59 Å². The van der Waals surface area contributed by atoms with Gasteiger partial charge in [0.15, 0.2) is 0 Å². The van der Waals surface area contributed by atoms with Crippen LogP contribution in [0.1, 0.15) is 53.4 Å². The summed E-state index contributed by atoms with van der Waals surface area (Å²) in [6, 6.07) is 7.77. The number of urea groups is 2. The number of hydrogen-bond acceptors (Lipinski definition) is 2. The van der Waals surface area contributed by atoms with E-state index in [2.05, 4.69) is 38.3 Å². The van der Waals surface area contributed by atoms with E-state index in [1.165, 1.54) is 12.8 Å². The average Bonchev–Trinajstić information content (AvgIpc) is 2.67. The van der Waals surface area contributed by atoms with E-state index >= 15 is 0 Å². The van der Waals surface area contributed by atoms with E-state index < -0.39 is 0 Å². The number of nitrogens with zero attached hydrogens (tertiary/aromatic N) is 2. The second-order valence-corrected chi connectivity index (χ2v) is 8.54. The highest BCUT2D eigenvalue weighted by molar-refractivity contribution is 5.92. The number of anilines is 2. The molecule has 2 aliphatic heterocycles. The molecular weight excluding hydrogens is 352 g/mol. The Morgan fingerprint density at radius 2 is 1.11 bits per heavy atom. The molecule has 3 rings (SSSR count). The number of amides is 4. The van der Waals surface area contributed by atoms with Gasteiger partial charge in [-0.3, -0.25) is 0 Å². The maximum Gasteiger partial charge on any atom is 0.322 e. The summed E-state index contributed by atoms with van der Waals surface area (Å²) >= 11 is 0. The highest BCUT2D eigenvalue weighted by Gasteiger charge is 2.29. The Morgan fingerprint density at radius 3 is 1.46 bits per heavy atom. The van der Waals surface area contributed by atoms with Crippen molar-refractivity contribution in [3.8, 4) is 0 Å². The maximum absolute atomic E-state index is 12.6. The molecule has 4 amide bonds. The molecule has 4 unspecified atom stereocenters. The molecule has 2 aliphatic rings. The molecule has 0 bridgehead atoms. The van der Waals surface area contributed by atoms with Crippen LogP contribution in [0, 0.1) is 11.8 Å². The lowest BCUT2D eigenvalue weighted by Gasteiger charge is -2.38. The van der Waals surface area contributed by atoms with Crippen LogP contribution in [0.5, 0.6) is 0 Å². The summed E-state index contributed by atoms with van der Waals surface area (Å²) in [5, 5.41) is 5.97. The molecule has 2 heterocycles.